The van der Waals surface area contributed by atoms with Gasteiger partial charge in [0.05, 0.1) is 11.7 Å². The van der Waals surface area contributed by atoms with E-state index in [1.807, 2.05) is 0 Å². The molecule has 19 heavy (non-hydrogen) atoms. The number of likely N-dealkylation sites (tertiary alicyclic amines) is 1. The maximum absolute atomic E-state index is 12.3. The number of carbonyl (C=O) groups is 1. The smallest absolute Gasteiger partial charge is 0.254 e. The fourth-order valence-corrected chi connectivity index (χ4v) is 3.24. The predicted molar refractivity (Wildman–Crippen MR) is 66.9 cm³/mol. The van der Waals surface area contributed by atoms with Gasteiger partial charge in [-0.3, -0.25) is 14.6 Å². The SMILES string of the molecule is O=C(c1cc(O)[nH]c(=O)c1)N1CC2CCC(O)C2C1. The normalized spacial score (nSPS) is 29.5. The molecular weight excluding hydrogens is 248 g/mol. The molecule has 102 valence electrons. The first-order valence-electron chi connectivity index (χ1n) is 6.45. The van der Waals surface area contributed by atoms with Crippen LogP contribution in [0.4, 0.5) is 0 Å². The molecule has 0 radical (unpaired) electrons. The Morgan fingerprint density at radius 1 is 1.32 bits per heavy atom. The molecule has 1 aliphatic carbocycles. The molecule has 3 rings (SSSR count). The van der Waals surface area contributed by atoms with E-state index >= 15 is 0 Å². The van der Waals surface area contributed by atoms with Gasteiger partial charge < -0.3 is 15.1 Å². The van der Waals surface area contributed by atoms with E-state index in [2.05, 4.69) is 4.98 Å². The molecule has 6 heteroatoms. The number of hydrogen-bond acceptors (Lipinski definition) is 4. The lowest BCUT2D eigenvalue weighted by molar-refractivity contribution is 0.0751. The molecule has 2 heterocycles. The van der Waals surface area contributed by atoms with Crippen LogP contribution in [-0.2, 0) is 0 Å². The molecule has 2 aliphatic rings. The minimum absolute atomic E-state index is 0.152. The number of nitrogens with one attached hydrogen (secondary N) is 1. The number of rotatable bonds is 1. The van der Waals surface area contributed by atoms with Crippen molar-refractivity contribution in [1.29, 1.82) is 0 Å². The van der Waals surface area contributed by atoms with Crippen molar-refractivity contribution in [2.24, 2.45) is 11.8 Å². The van der Waals surface area contributed by atoms with Crippen LogP contribution >= 0.6 is 0 Å². The van der Waals surface area contributed by atoms with Crippen LogP contribution in [0.1, 0.15) is 23.2 Å². The van der Waals surface area contributed by atoms with E-state index in [-0.39, 0.29) is 29.4 Å². The number of H-pyrrole nitrogens is 1. The minimum Gasteiger partial charge on any atom is -0.494 e. The van der Waals surface area contributed by atoms with Crippen molar-refractivity contribution in [2.75, 3.05) is 13.1 Å². The van der Waals surface area contributed by atoms with Gasteiger partial charge >= 0.3 is 0 Å². The highest BCUT2D eigenvalue weighted by molar-refractivity contribution is 5.94. The van der Waals surface area contributed by atoms with Crippen LogP contribution in [0.2, 0.25) is 0 Å². The highest BCUT2D eigenvalue weighted by atomic mass is 16.3. The van der Waals surface area contributed by atoms with Crippen LogP contribution < -0.4 is 5.56 Å². The number of pyridine rings is 1. The van der Waals surface area contributed by atoms with E-state index in [0.29, 0.717) is 19.0 Å². The maximum Gasteiger partial charge on any atom is 0.254 e. The number of aromatic amines is 1. The number of hydrogen-bond donors (Lipinski definition) is 3. The summed E-state index contributed by atoms with van der Waals surface area (Å²) in [4.78, 5) is 27.4. The number of aliphatic hydroxyl groups excluding tert-OH is 1. The molecule has 0 aromatic carbocycles. The van der Waals surface area contributed by atoms with Gasteiger partial charge in [-0.05, 0) is 18.8 Å². The Balaban J connectivity index is 1.80. The van der Waals surface area contributed by atoms with Crippen LogP contribution in [-0.4, -0.2) is 45.2 Å². The second-order valence-electron chi connectivity index (χ2n) is 5.40. The van der Waals surface area contributed by atoms with Gasteiger partial charge in [-0.2, -0.15) is 0 Å². The Morgan fingerprint density at radius 2 is 2.11 bits per heavy atom. The number of aromatic nitrogens is 1. The molecule has 0 bridgehead atoms. The highest BCUT2D eigenvalue weighted by Gasteiger charge is 2.43. The van der Waals surface area contributed by atoms with Crippen LogP contribution in [0, 0.1) is 11.8 Å². The second-order valence-corrected chi connectivity index (χ2v) is 5.40. The molecule has 1 saturated carbocycles. The molecular formula is C13H16N2O4. The van der Waals surface area contributed by atoms with Crippen LogP contribution in [0.3, 0.4) is 0 Å². The molecule has 1 aromatic heterocycles. The van der Waals surface area contributed by atoms with Gasteiger partial charge in [0, 0.05) is 31.1 Å². The fraction of sp³-hybridized carbons (Fsp3) is 0.538. The third-order valence-electron chi connectivity index (χ3n) is 4.18. The van der Waals surface area contributed by atoms with E-state index in [0.717, 1.165) is 12.8 Å². The van der Waals surface area contributed by atoms with Crippen LogP contribution in [0.25, 0.3) is 0 Å². The summed E-state index contributed by atoms with van der Waals surface area (Å²) in [6.45, 7) is 1.15. The lowest BCUT2D eigenvalue weighted by atomic mass is 10.00. The van der Waals surface area contributed by atoms with Crippen molar-refractivity contribution >= 4 is 5.91 Å². The largest absolute Gasteiger partial charge is 0.494 e. The fourth-order valence-electron chi connectivity index (χ4n) is 3.24. The van der Waals surface area contributed by atoms with Gasteiger partial charge in [-0.15, -0.1) is 0 Å². The van der Waals surface area contributed by atoms with Crippen molar-refractivity contribution in [3.8, 4) is 5.88 Å². The Labute approximate surface area is 109 Å². The third-order valence-corrected chi connectivity index (χ3v) is 4.18. The zero-order valence-corrected chi connectivity index (χ0v) is 10.4. The number of aromatic hydroxyl groups is 1. The van der Waals surface area contributed by atoms with Gasteiger partial charge in [0.2, 0.25) is 0 Å². The quantitative estimate of drug-likeness (QED) is 0.661. The Hall–Kier alpha value is -1.82. The van der Waals surface area contributed by atoms with E-state index in [1.165, 1.54) is 12.1 Å². The lowest BCUT2D eigenvalue weighted by Gasteiger charge is -2.18. The monoisotopic (exact) mass is 264 g/mol. The average molecular weight is 264 g/mol. The Bertz CT molecular complexity index is 568. The van der Waals surface area contributed by atoms with Gasteiger partial charge in [-0.25, -0.2) is 0 Å². The van der Waals surface area contributed by atoms with Crippen molar-refractivity contribution in [1.82, 2.24) is 9.88 Å². The molecule has 2 fully saturated rings. The summed E-state index contributed by atoms with van der Waals surface area (Å²) in [5.74, 6) is -0.0626. The van der Waals surface area contributed by atoms with E-state index in [4.69, 9.17) is 0 Å². The molecule has 1 aliphatic heterocycles. The first-order valence-corrected chi connectivity index (χ1v) is 6.45. The van der Waals surface area contributed by atoms with Gasteiger partial charge in [-0.1, -0.05) is 0 Å². The standard InChI is InChI=1S/C13H16N2O4/c16-10-2-1-7-5-15(6-9(7)10)13(19)8-3-11(17)14-12(18)4-8/h3-4,7,9-10,16H,1-2,5-6H2,(H2,14,17,18). The van der Waals surface area contributed by atoms with Gasteiger partial charge in [0.15, 0.2) is 5.88 Å². The average Bonchev–Trinajstić information content (AvgIpc) is 2.90. The number of fused-ring (bicyclic) bond motifs is 1. The maximum atomic E-state index is 12.3. The zero-order valence-electron chi connectivity index (χ0n) is 10.4. The zero-order chi connectivity index (χ0) is 13.6. The van der Waals surface area contributed by atoms with Crippen molar-refractivity contribution in [3.05, 3.63) is 28.0 Å². The van der Waals surface area contributed by atoms with Crippen molar-refractivity contribution < 1.29 is 15.0 Å². The second kappa shape index (κ2) is 4.38. The van der Waals surface area contributed by atoms with Gasteiger partial charge in [0.25, 0.3) is 11.5 Å². The van der Waals surface area contributed by atoms with E-state index in [9.17, 15) is 19.8 Å². The van der Waals surface area contributed by atoms with Crippen LogP contribution in [0.5, 0.6) is 5.88 Å². The highest BCUT2D eigenvalue weighted by Crippen LogP contribution is 2.38. The summed E-state index contributed by atoms with van der Waals surface area (Å²) in [7, 11) is 0. The number of amides is 1. The summed E-state index contributed by atoms with van der Waals surface area (Å²) >= 11 is 0. The number of carbonyl (C=O) groups excluding carboxylic acids is 1. The molecule has 3 atom stereocenters. The Morgan fingerprint density at radius 3 is 2.79 bits per heavy atom. The molecule has 1 amide bonds. The summed E-state index contributed by atoms with van der Waals surface area (Å²) in [6, 6.07) is 2.45. The molecule has 0 spiro atoms. The summed E-state index contributed by atoms with van der Waals surface area (Å²) in [6.07, 6.45) is 1.43. The van der Waals surface area contributed by atoms with E-state index in [1.54, 1.807) is 4.90 Å². The first-order chi connectivity index (χ1) is 9.04. The lowest BCUT2D eigenvalue weighted by Crippen LogP contribution is -2.31. The van der Waals surface area contributed by atoms with Crippen LogP contribution in [0.15, 0.2) is 16.9 Å². The number of nitrogens with zero attached hydrogens (tertiary/aromatic N) is 1. The minimum atomic E-state index is -0.497. The summed E-state index contributed by atoms with van der Waals surface area (Å²) < 4.78 is 0. The summed E-state index contributed by atoms with van der Waals surface area (Å²) in [5.41, 5.74) is -0.307. The molecule has 1 saturated heterocycles. The Kier molecular flexibility index (Phi) is 2.82. The van der Waals surface area contributed by atoms with Crippen molar-refractivity contribution in [3.63, 3.8) is 0 Å². The first kappa shape index (κ1) is 12.2. The molecule has 6 nitrogen and oxygen atoms in total. The topological polar surface area (TPSA) is 93.6 Å². The van der Waals surface area contributed by atoms with Gasteiger partial charge in [0.1, 0.15) is 0 Å². The number of aliphatic hydroxyl groups is 1. The molecule has 3 unspecified atom stereocenters. The molecule has 1 aromatic rings. The summed E-state index contributed by atoms with van der Waals surface area (Å²) in [5, 5.41) is 19.1. The third kappa shape index (κ3) is 2.12. The van der Waals surface area contributed by atoms with Crippen molar-refractivity contribution in [2.45, 2.75) is 18.9 Å². The van der Waals surface area contributed by atoms with E-state index < -0.39 is 5.56 Å². The predicted octanol–water partition coefficient (Wildman–Crippen LogP) is -0.0766. The molecule has 3 N–H and O–H groups in total.